The highest BCUT2D eigenvalue weighted by molar-refractivity contribution is 6.77. The highest BCUT2D eigenvalue weighted by atomic mass is 16.3. The van der Waals surface area contributed by atoms with Crippen LogP contribution in [0.25, 0.3) is 22.8 Å². The summed E-state index contributed by atoms with van der Waals surface area (Å²) in [4.78, 5) is 6.31. The Kier molecular flexibility index (Phi) is 2.11. The van der Waals surface area contributed by atoms with Crippen molar-refractivity contribution in [2.45, 2.75) is 27.5 Å². The van der Waals surface area contributed by atoms with Gasteiger partial charge in [-0.25, -0.2) is 9.55 Å². The molecule has 5 heteroatoms. The van der Waals surface area contributed by atoms with Crippen molar-refractivity contribution in [1.29, 1.82) is 0 Å². The number of nitrogens with zero attached hydrogens (tertiary/aromatic N) is 3. The summed E-state index contributed by atoms with van der Waals surface area (Å²) in [5.41, 5.74) is 2.13. The third-order valence-corrected chi connectivity index (χ3v) is 4.46. The summed E-state index contributed by atoms with van der Waals surface area (Å²) in [6.07, 6.45) is 1.62. The predicted molar refractivity (Wildman–Crippen MR) is 98.0 cm³/mol. The Labute approximate surface area is 150 Å². The second-order valence-corrected chi connectivity index (χ2v) is 6.14. The van der Waals surface area contributed by atoms with E-state index in [4.69, 9.17) is 12.6 Å². The molecule has 0 N–H and O–H groups in total. The maximum absolute atomic E-state index is 7.63. The first-order valence-electron chi connectivity index (χ1n) is 10.8. The molecule has 1 aliphatic rings. The van der Waals surface area contributed by atoms with Crippen LogP contribution in [0.5, 0.6) is 0 Å². The van der Waals surface area contributed by atoms with Crippen molar-refractivity contribution in [1.82, 2.24) is 4.98 Å². The fourth-order valence-corrected chi connectivity index (χ4v) is 3.44. The van der Waals surface area contributed by atoms with Gasteiger partial charge in [-0.2, -0.15) is 0 Å². The third-order valence-electron chi connectivity index (χ3n) is 4.46. The lowest BCUT2D eigenvalue weighted by atomic mass is 9.61. The van der Waals surface area contributed by atoms with Gasteiger partial charge in [0.25, 0.3) is 5.82 Å². The highest BCUT2D eigenvalue weighted by Crippen LogP contribution is 2.20. The van der Waals surface area contributed by atoms with Crippen LogP contribution in [0.1, 0.15) is 26.4 Å². The number of furan rings is 1. The summed E-state index contributed by atoms with van der Waals surface area (Å²) in [6, 6.07) is 6.66. The van der Waals surface area contributed by atoms with Gasteiger partial charge in [-0.3, -0.25) is 4.81 Å². The third kappa shape index (κ3) is 2.15. The van der Waals surface area contributed by atoms with Gasteiger partial charge in [0.05, 0.1) is 29.5 Å². The van der Waals surface area contributed by atoms with E-state index in [1.165, 1.54) is 6.07 Å². The average molecular weight is 324 g/mol. The van der Waals surface area contributed by atoms with Gasteiger partial charge in [-0.05, 0) is 57.2 Å². The van der Waals surface area contributed by atoms with E-state index in [1.54, 1.807) is 29.0 Å². The lowest BCUT2D eigenvalue weighted by Crippen LogP contribution is -2.50. The lowest BCUT2D eigenvalue weighted by molar-refractivity contribution is -0.658. The monoisotopic (exact) mass is 324 g/mol. The smallest absolute Gasteiger partial charge is 0.405 e. The van der Waals surface area contributed by atoms with Crippen LogP contribution in [0.15, 0.2) is 34.9 Å². The summed E-state index contributed by atoms with van der Waals surface area (Å²) in [7, 11) is 1.82. The lowest BCUT2D eigenvalue weighted by Gasteiger charge is -2.23. The maximum atomic E-state index is 7.63. The summed E-state index contributed by atoms with van der Waals surface area (Å²) >= 11 is 0. The standard InChI is InChI=1S/C19H21BN3O/c1-12-6-9-17(22(5)11-12)23-14(3)18-15-8-7-13(2)21-19(15)24-16(18)10-20(23)4/h6-11H,1-5H3/q+1/i1D3,2D3. The molecule has 0 unspecified atom stereocenters. The zero-order valence-corrected chi connectivity index (χ0v) is 13.8. The number of rotatable bonds is 1. The first kappa shape index (κ1) is 9.67. The van der Waals surface area contributed by atoms with Crippen molar-refractivity contribution in [2.24, 2.45) is 7.05 Å². The molecule has 0 saturated carbocycles. The van der Waals surface area contributed by atoms with Crippen LogP contribution in [0.3, 0.4) is 0 Å². The van der Waals surface area contributed by atoms with Crippen LogP contribution in [-0.4, -0.2) is 11.8 Å². The van der Waals surface area contributed by atoms with E-state index in [0.717, 1.165) is 22.1 Å². The minimum atomic E-state index is -2.30. The molecule has 3 aromatic heterocycles. The molecule has 0 aromatic carbocycles. The molecule has 1 aliphatic heterocycles. The van der Waals surface area contributed by atoms with E-state index in [-0.39, 0.29) is 18.1 Å². The van der Waals surface area contributed by atoms with E-state index >= 15 is 0 Å². The number of aromatic nitrogens is 2. The predicted octanol–water partition coefficient (Wildman–Crippen LogP) is 1.86. The number of fused-ring (bicyclic) bond motifs is 3. The van der Waals surface area contributed by atoms with Crippen molar-refractivity contribution in [3.8, 4) is 0 Å². The van der Waals surface area contributed by atoms with Crippen LogP contribution in [-0.2, 0) is 7.05 Å². The van der Waals surface area contributed by atoms with Gasteiger partial charge >= 0.3 is 6.85 Å². The molecule has 0 spiro atoms. The first-order chi connectivity index (χ1) is 13.9. The molecule has 4 rings (SSSR count). The Bertz CT molecular complexity index is 1280. The summed E-state index contributed by atoms with van der Waals surface area (Å²) < 4.78 is 53.3. The van der Waals surface area contributed by atoms with Gasteiger partial charge < -0.3 is 4.42 Å². The molecule has 0 saturated heterocycles. The van der Waals surface area contributed by atoms with Gasteiger partial charge in [0.1, 0.15) is 5.42 Å². The fourth-order valence-electron chi connectivity index (χ4n) is 3.44. The van der Waals surface area contributed by atoms with E-state index < -0.39 is 13.7 Å². The highest BCUT2D eigenvalue weighted by Gasteiger charge is 2.33. The molecule has 3 aromatic rings. The Morgan fingerprint density at radius 3 is 2.88 bits per heavy atom. The Balaban J connectivity index is 1.91. The Hall–Kier alpha value is -2.56. The molecule has 0 aliphatic carbocycles. The Morgan fingerprint density at radius 1 is 1.25 bits per heavy atom. The van der Waals surface area contributed by atoms with Crippen LogP contribution >= 0.6 is 0 Å². The van der Waals surface area contributed by atoms with Gasteiger partial charge in [-0.1, -0.05) is 0 Å². The van der Waals surface area contributed by atoms with Gasteiger partial charge in [0.15, 0.2) is 0 Å². The number of anilines is 1. The van der Waals surface area contributed by atoms with Gasteiger partial charge in [0, 0.05) is 20.0 Å². The van der Waals surface area contributed by atoms with Crippen LogP contribution < -0.4 is 20.0 Å². The summed E-state index contributed by atoms with van der Waals surface area (Å²) in [6.45, 7) is -0.563. The molecule has 4 heterocycles. The van der Waals surface area contributed by atoms with Crippen molar-refractivity contribution in [3.05, 3.63) is 52.4 Å². The van der Waals surface area contributed by atoms with E-state index in [2.05, 4.69) is 9.79 Å². The summed E-state index contributed by atoms with van der Waals surface area (Å²) in [5, 5.41) is 1.60. The maximum Gasteiger partial charge on any atom is 0.405 e. The second-order valence-electron chi connectivity index (χ2n) is 6.14. The second kappa shape index (κ2) is 5.23. The molecule has 0 fully saturated rings. The SMILES string of the molecule is [2H]C([2H])([2H])c1ccc(N2B(C)C=c3oc4nc(C([2H])([2H])[2H])ccc4c3=C2C)[n+](C)c1. The minimum Gasteiger partial charge on any atom is -0.439 e. The van der Waals surface area contributed by atoms with Crippen molar-refractivity contribution >= 4 is 35.4 Å². The van der Waals surface area contributed by atoms with E-state index in [1.807, 2.05) is 26.8 Å². The molecule has 0 amide bonds. The van der Waals surface area contributed by atoms with Gasteiger partial charge in [-0.15, -0.1) is 0 Å². The topological polar surface area (TPSA) is 33.2 Å². The minimum absolute atomic E-state index is 0.00434. The van der Waals surface area contributed by atoms with Crippen molar-refractivity contribution in [2.75, 3.05) is 4.81 Å². The molecule has 24 heavy (non-hydrogen) atoms. The molecule has 0 bridgehead atoms. The van der Waals surface area contributed by atoms with Crippen molar-refractivity contribution < 1.29 is 17.2 Å². The number of aryl methyl sites for hydroxylation is 3. The van der Waals surface area contributed by atoms with Crippen LogP contribution in [0.2, 0.25) is 6.82 Å². The largest absolute Gasteiger partial charge is 0.439 e. The summed E-state index contributed by atoms with van der Waals surface area (Å²) in [5.74, 6) is 2.78. The average Bonchev–Trinajstić information content (AvgIpc) is 2.98. The molecular formula is C19H21BN3O+. The number of hydrogen-bond donors (Lipinski definition) is 0. The molecular weight excluding hydrogens is 297 g/mol. The van der Waals surface area contributed by atoms with E-state index in [9.17, 15) is 0 Å². The quantitative estimate of drug-likeness (QED) is 0.506. The van der Waals surface area contributed by atoms with Crippen LogP contribution in [0.4, 0.5) is 5.82 Å². The molecule has 4 nitrogen and oxygen atoms in total. The van der Waals surface area contributed by atoms with E-state index in [0.29, 0.717) is 11.1 Å². The Morgan fingerprint density at radius 2 is 2.12 bits per heavy atom. The van der Waals surface area contributed by atoms with Crippen molar-refractivity contribution in [3.63, 3.8) is 0 Å². The zero-order chi connectivity index (χ0) is 22.0. The van der Waals surface area contributed by atoms with Crippen LogP contribution in [0, 0.1) is 13.7 Å². The number of pyridine rings is 2. The van der Waals surface area contributed by atoms with Gasteiger partial charge in [0.2, 0.25) is 5.71 Å². The molecule has 120 valence electrons. The molecule has 0 atom stereocenters. The zero-order valence-electron chi connectivity index (χ0n) is 19.8. The normalized spacial score (nSPS) is 18.9. The number of hydrogen-bond acceptors (Lipinski definition) is 3. The fraction of sp³-hybridized carbons (Fsp3) is 0.263. The first-order valence-corrected chi connectivity index (χ1v) is 7.80. The molecule has 0 radical (unpaired) electrons.